The number of hydrogen-bond acceptors (Lipinski definition) is 2. The highest BCUT2D eigenvalue weighted by atomic mass is 16.4. The summed E-state index contributed by atoms with van der Waals surface area (Å²) in [5.41, 5.74) is 4.63. The molecule has 1 aromatic heterocycles. The maximum Gasteiger partial charge on any atom is 0.323 e. The van der Waals surface area contributed by atoms with Crippen LogP contribution in [0.25, 0.3) is 10.9 Å². The zero-order valence-corrected chi connectivity index (χ0v) is 20.0. The van der Waals surface area contributed by atoms with Gasteiger partial charge < -0.3 is 14.6 Å². The van der Waals surface area contributed by atoms with Gasteiger partial charge >= 0.3 is 5.97 Å². The first-order chi connectivity index (χ1) is 17.0. The monoisotopic (exact) mass is 466 g/mol. The molecule has 0 saturated carbocycles. The fraction of sp³-hybridized carbons (Fsp3) is 0.267. The van der Waals surface area contributed by atoms with E-state index in [1.54, 1.807) is 0 Å². The van der Waals surface area contributed by atoms with Crippen LogP contribution in [0.3, 0.4) is 0 Å². The van der Waals surface area contributed by atoms with Crippen LogP contribution >= 0.6 is 0 Å². The Balaban J connectivity index is 1.49. The van der Waals surface area contributed by atoms with Gasteiger partial charge in [-0.25, -0.2) is 0 Å². The fourth-order valence-corrected chi connectivity index (χ4v) is 5.45. The van der Waals surface area contributed by atoms with Crippen molar-refractivity contribution in [2.24, 2.45) is 5.41 Å². The molecule has 3 aromatic carbocycles. The normalized spacial score (nSPS) is 17.2. The zero-order valence-electron chi connectivity index (χ0n) is 20.0. The standard InChI is InChI=1S/C30H30N2O3/c1-30(18-16-27-25(20-30)24-14-8-9-15-26(24)32(27)21-28(33)34)29(35)31(23-12-6-3-7-13-23)19-17-22-10-4-2-5-11-22/h2-15H,16-21H2,1H3,(H,33,34). The Kier molecular flexibility index (Phi) is 6.16. The molecule has 0 fully saturated rings. The molecule has 0 saturated heterocycles. The molecule has 5 nitrogen and oxygen atoms in total. The first kappa shape index (κ1) is 22.9. The largest absolute Gasteiger partial charge is 0.480 e. The number of carboxylic acid groups (broad SMARTS) is 1. The molecule has 1 heterocycles. The quantitative estimate of drug-likeness (QED) is 0.391. The molecule has 35 heavy (non-hydrogen) atoms. The van der Waals surface area contributed by atoms with Crippen LogP contribution in [0.15, 0.2) is 84.9 Å². The summed E-state index contributed by atoms with van der Waals surface area (Å²) in [6.07, 6.45) is 2.74. The second-order valence-electron chi connectivity index (χ2n) is 9.69. The number of amides is 1. The van der Waals surface area contributed by atoms with Crippen molar-refractivity contribution in [2.75, 3.05) is 11.4 Å². The number of benzene rings is 3. The minimum Gasteiger partial charge on any atom is -0.480 e. The van der Waals surface area contributed by atoms with E-state index in [9.17, 15) is 14.7 Å². The number of carboxylic acids is 1. The Hall–Kier alpha value is -3.86. The predicted molar refractivity (Wildman–Crippen MR) is 139 cm³/mol. The first-order valence-electron chi connectivity index (χ1n) is 12.2. The zero-order chi connectivity index (χ0) is 24.4. The van der Waals surface area contributed by atoms with Gasteiger partial charge in [0.05, 0.1) is 5.41 Å². The van der Waals surface area contributed by atoms with E-state index in [0.717, 1.165) is 34.3 Å². The summed E-state index contributed by atoms with van der Waals surface area (Å²) >= 11 is 0. The van der Waals surface area contributed by atoms with Crippen LogP contribution in [0.4, 0.5) is 5.69 Å². The molecular weight excluding hydrogens is 436 g/mol. The van der Waals surface area contributed by atoms with Crippen LogP contribution in [0.5, 0.6) is 0 Å². The minimum atomic E-state index is -0.853. The molecule has 0 aliphatic heterocycles. The van der Waals surface area contributed by atoms with Crippen LogP contribution in [-0.2, 0) is 35.4 Å². The molecule has 178 valence electrons. The van der Waals surface area contributed by atoms with Crippen molar-refractivity contribution >= 4 is 28.5 Å². The van der Waals surface area contributed by atoms with E-state index in [1.165, 1.54) is 5.56 Å². The van der Waals surface area contributed by atoms with Crippen molar-refractivity contribution in [3.05, 3.63) is 102 Å². The Labute approximate surface area is 205 Å². The van der Waals surface area contributed by atoms with Crippen LogP contribution in [-0.4, -0.2) is 28.1 Å². The molecule has 5 heteroatoms. The van der Waals surface area contributed by atoms with Gasteiger partial charge in [-0.15, -0.1) is 0 Å². The molecule has 0 bridgehead atoms. The summed E-state index contributed by atoms with van der Waals surface area (Å²) in [4.78, 5) is 27.7. The van der Waals surface area contributed by atoms with E-state index >= 15 is 0 Å². The minimum absolute atomic E-state index is 0.0618. The van der Waals surface area contributed by atoms with Gasteiger partial charge in [0.15, 0.2) is 0 Å². The van der Waals surface area contributed by atoms with E-state index in [4.69, 9.17) is 0 Å². The number of aromatic nitrogens is 1. The van der Waals surface area contributed by atoms with Gasteiger partial charge in [0, 0.05) is 28.8 Å². The summed E-state index contributed by atoms with van der Waals surface area (Å²) in [7, 11) is 0. The van der Waals surface area contributed by atoms with Crippen molar-refractivity contribution in [3.63, 3.8) is 0 Å². The average molecular weight is 467 g/mol. The number of para-hydroxylation sites is 2. The molecule has 1 unspecified atom stereocenters. The molecule has 1 aliphatic carbocycles. The summed E-state index contributed by atoms with van der Waals surface area (Å²) in [5.74, 6) is -0.727. The van der Waals surface area contributed by atoms with E-state index in [0.29, 0.717) is 25.8 Å². The second-order valence-corrected chi connectivity index (χ2v) is 9.69. The number of carbonyl (C=O) groups is 2. The maximum atomic E-state index is 14.2. The molecule has 1 amide bonds. The second kappa shape index (κ2) is 9.41. The number of fused-ring (bicyclic) bond motifs is 3. The van der Waals surface area contributed by atoms with Crippen molar-refractivity contribution in [1.82, 2.24) is 4.57 Å². The van der Waals surface area contributed by atoms with Crippen molar-refractivity contribution < 1.29 is 14.7 Å². The molecule has 4 aromatic rings. The van der Waals surface area contributed by atoms with Gasteiger partial charge in [0.25, 0.3) is 0 Å². The van der Waals surface area contributed by atoms with Crippen molar-refractivity contribution in [2.45, 2.75) is 39.2 Å². The van der Waals surface area contributed by atoms with Gasteiger partial charge in [0.2, 0.25) is 5.91 Å². The Morgan fingerprint density at radius 3 is 2.31 bits per heavy atom. The van der Waals surface area contributed by atoms with Crippen LogP contribution in [0, 0.1) is 5.41 Å². The van der Waals surface area contributed by atoms with Gasteiger partial charge in [0.1, 0.15) is 6.54 Å². The lowest BCUT2D eigenvalue weighted by Gasteiger charge is -2.38. The highest BCUT2D eigenvalue weighted by Crippen LogP contribution is 2.42. The number of carbonyl (C=O) groups excluding carboxylic acids is 1. The fourth-order valence-electron chi connectivity index (χ4n) is 5.45. The average Bonchev–Trinajstić information content (AvgIpc) is 3.17. The van der Waals surface area contributed by atoms with Crippen LogP contribution in [0.2, 0.25) is 0 Å². The number of nitrogens with zero attached hydrogens (tertiary/aromatic N) is 2. The van der Waals surface area contributed by atoms with Crippen molar-refractivity contribution in [3.8, 4) is 0 Å². The highest BCUT2D eigenvalue weighted by molar-refractivity contribution is 5.98. The Bertz CT molecular complexity index is 1360. The van der Waals surface area contributed by atoms with Gasteiger partial charge in [-0.05, 0) is 55.0 Å². The number of rotatable bonds is 7. The lowest BCUT2D eigenvalue weighted by Crippen LogP contribution is -2.46. The van der Waals surface area contributed by atoms with Crippen molar-refractivity contribution in [1.29, 1.82) is 0 Å². The summed E-state index contributed by atoms with van der Waals surface area (Å²) < 4.78 is 1.92. The van der Waals surface area contributed by atoms with E-state index in [-0.39, 0.29) is 12.5 Å². The SMILES string of the molecule is CC1(C(=O)N(CCc2ccccc2)c2ccccc2)CCc2c(c3ccccc3n2CC(=O)O)C1. The van der Waals surface area contributed by atoms with Crippen LogP contribution in [0.1, 0.15) is 30.2 Å². The van der Waals surface area contributed by atoms with E-state index in [1.807, 2.05) is 82.3 Å². The summed E-state index contributed by atoms with van der Waals surface area (Å²) in [6, 6.07) is 28.1. The third-order valence-corrected chi connectivity index (χ3v) is 7.26. The lowest BCUT2D eigenvalue weighted by atomic mass is 9.73. The lowest BCUT2D eigenvalue weighted by molar-refractivity contribution is -0.137. The number of anilines is 1. The number of hydrogen-bond donors (Lipinski definition) is 1. The summed E-state index contributed by atoms with van der Waals surface area (Å²) in [6.45, 7) is 2.61. The molecule has 1 N–H and O–H groups in total. The molecule has 0 radical (unpaired) electrons. The Morgan fingerprint density at radius 1 is 0.943 bits per heavy atom. The molecule has 5 rings (SSSR count). The predicted octanol–water partition coefficient (Wildman–Crippen LogP) is 5.50. The summed E-state index contributed by atoms with van der Waals surface area (Å²) in [5, 5.41) is 10.6. The first-order valence-corrected chi connectivity index (χ1v) is 12.2. The molecular formula is C30H30N2O3. The van der Waals surface area contributed by atoms with E-state index in [2.05, 4.69) is 19.1 Å². The maximum absolute atomic E-state index is 14.2. The molecule has 1 aliphatic rings. The van der Waals surface area contributed by atoms with Gasteiger partial charge in [-0.1, -0.05) is 73.7 Å². The topological polar surface area (TPSA) is 62.5 Å². The highest BCUT2D eigenvalue weighted by Gasteiger charge is 2.42. The van der Waals surface area contributed by atoms with E-state index < -0.39 is 11.4 Å². The molecule has 0 spiro atoms. The van der Waals surface area contributed by atoms with Gasteiger partial charge in [-0.3, -0.25) is 9.59 Å². The number of aliphatic carboxylic acids is 1. The Morgan fingerprint density at radius 2 is 1.60 bits per heavy atom. The van der Waals surface area contributed by atoms with Gasteiger partial charge in [-0.2, -0.15) is 0 Å². The molecule has 1 atom stereocenters. The third kappa shape index (κ3) is 4.46. The smallest absolute Gasteiger partial charge is 0.323 e. The third-order valence-electron chi connectivity index (χ3n) is 7.26. The van der Waals surface area contributed by atoms with Crippen LogP contribution < -0.4 is 4.90 Å².